The van der Waals surface area contributed by atoms with Gasteiger partial charge < -0.3 is 15.8 Å². The fraction of sp³-hybridized carbons (Fsp3) is 0.130. The number of carbonyl (C=O) groups excluding carboxylic acids is 1. The van der Waals surface area contributed by atoms with E-state index in [0.29, 0.717) is 29.1 Å². The molecule has 0 saturated carbocycles. The highest BCUT2D eigenvalue weighted by Crippen LogP contribution is 2.25. The molecule has 0 heterocycles. The molecule has 140 valence electrons. The lowest BCUT2D eigenvalue weighted by Crippen LogP contribution is -2.13. The van der Waals surface area contributed by atoms with Crippen molar-refractivity contribution in [3.05, 3.63) is 88.5 Å². The molecule has 28 heavy (non-hydrogen) atoms. The average molecular weight is 371 g/mol. The molecular formula is C23H21N3O2. The lowest BCUT2D eigenvalue weighted by Gasteiger charge is -2.13. The second-order valence-electron chi connectivity index (χ2n) is 6.58. The molecule has 0 bridgehead atoms. The third-order valence-corrected chi connectivity index (χ3v) is 4.40. The van der Waals surface area contributed by atoms with Gasteiger partial charge in [-0.05, 0) is 66.9 Å². The van der Waals surface area contributed by atoms with Crippen LogP contribution in [0.5, 0.6) is 5.75 Å². The molecule has 0 atom stereocenters. The minimum Gasteiger partial charge on any atom is -0.488 e. The molecule has 0 spiro atoms. The first kappa shape index (κ1) is 19.0. The topological polar surface area (TPSA) is 88.1 Å². The number of benzene rings is 3. The molecule has 5 heteroatoms. The van der Waals surface area contributed by atoms with Gasteiger partial charge in [0.1, 0.15) is 12.4 Å². The van der Waals surface area contributed by atoms with E-state index in [2.05, 4.69) is 11.4 Å². The number of hydrogen-bond donors (Lipinski definition) is 2. The van der Waals surface area contributed by atoms with E-state index in [1.54, 1.807) is 24.3 Å². The molecule has 0 aliphatic rings. The smallest absolute Gasteiger partial charge is 0.255 e. The van der Waals surface area contributed by atoms with Crippen molar-refractivity contribution in [2.45, 2.75) is 20.5 Å². The Kier molecular flexibility index (Phi) is 5.61. The van der Waals surface area contributed by atoms with E-state index in [9.17, 15) is 4.79 Å². The van der Waals surface area contributed by atoms with Crippen molar-refractivity contribution < 1.29 is 9.53 Å². The molecule has 0 unspecified atom stereocenters. The summed E-state index contributed by atoms with van der Waals surface area (Å²) in [5, 5.41) is 11.8. The van der Waals surface area contributed by atoms with Gasteiger partial charge in [0.05, 0.1) is 23.0 Å². The van der Waals surface area contributed by atoms with Crippen LogP contribution in [0, 0.1) is 25.2 Å². The summed E-state index contributed by atoms with van der Waals surface area (Å²) in [5.41, 5.74) is 10.9. The van der Waals surface area contributed by atoms with Crippen molar-refractivity contribution in [1.82, 2.24) is 0 Å². The van der Waals surface area contributed by atoms with Crippen molar-refractivity contribution >= 4 is 17.3 Å². The quantitative estimate of drug-likeness (QED) is 0.642. The Bertz CT molecular complexity index is 1030. The Hall–Kier alpha value is -3.78. The van der Waals surface area contributed by atoms with Gasteiger partial charge >= 0.3 is 0 Å². The van der Waals surface area contributed by atoms with Crippen LogP contribution in [0.15, 0.2) is 60.7 Å². The Morgan fingerprint density at radius 3 is 2.32 bits per heavy atom. The van der Waals surface area contributed by atoms with Gasteiger partial charge in [0.2, 0.25) is 0 Å². The summed E-state index contributed by atoms with van der Waals surface area (Å²) in [6.07, 6.45) is 0. The van der Waals surface area contributed by atoms with Crippen LogP contribution in [-0.2, 0) is 6.61 Å². The molecule has 5 nitrogen and oxygen atoms in total. The second kappa shape index (κ2) is 8.28. The van der Waals surface area contributed by atoms with Gasteiger partial charge in [-0.2, -0.15) is 5.26 Å². The SMILES string of the molecule is Cc1cc(C#N)cc(C)c1OCc1ccc(C(=O)Nc2ccccc2N)cc1. The van der Waals surface area contributed by atoms with Crippen LogP contribution in [0.3, 0.4) is 0 Å². The van der Waals surface area contributed by atoms with E-state index in [1.807, 2.05) is 50.2 Å². The molecule has 0 aliphatic carbocycles. The van der Waals surface area contributed by atoms with Crippen LogP contribution in [0.2, 0.25) is 0 Å². The largest absolute Gasteiger partial charge is 0.488 e. The number of ether oxygens (including phenoxy) is 1. The maximum absolute atomic E-state index is 12.4. The molecule has 0 aliphatic heterocycles. The van der Waals surface area contributed by atoms with Gasteiger partial charge in [0, 0.05) is 5.56 Å². The predicted octanol–water partition coefficient (Wildman–Crippen LogP) is 4.59. The summed E-state index contributed by atoms with van der Waals surface area (Å²) in [4.78, 5) is 12.4. The van der Waals surface area contributed by atoms with Crippen LogP contribution < -0.4 is 15.8 Å². The molecule has 0 aromatic heterocycles. The van der Waals surface area contributed by atoms with Gasteiger partial charge in [0.15, 0.2) is 0 Å². The number of nitrogens with zero attached hydrogens (tertiary/aromatic N) is 1. The molecule has 3 aromatic carbocycles. The van der Waals surface area contributed by atoms with E-state index < -0.39 is 0 Å². The highest BCUT2D eigenvalue weighted by Gasteiger charge is 2.09. The Morgan fingerprint density at radius 1 is 1.07 bits per heavy atom. The third kappa shape index (κ3) is 4.30. The third-order valence-electron chi connectivity index (χ3n) is 4.40. The summed E-state index contributed by atoms with van der Waals surface area (Å²) < 4.78 is 5.94. The highest BCUT2D eigenvalue weighted by atomic mass is 16.5. The molecule has 0 saturated heterocycles. The van der Waals surface area contributed by atoms with Gasteiger partial charge in [-0.15, -0.1) is 0 Å². The maximum atomic E-state index is 12.4. The number of nitriles is 1. The summed E-state index contributed by atoms with van der Waals surface area (Å²) in [5.74, 6) is 0.560. The van der Waals surface area contributed by atoms with Gasteiger partial charge in [-0.3, -0.25) is 4.79 Å². The maximum Gasteiger partial charge on any atom is 0.255 e. The normalized spacial score (nSPS) is 10.2. The first-order valence-corrected chi connectivity index (χ1v) is 8.87. The van der Waals surface area contributed by atoms with Gasteiger partial charge in [-0.25, -0.2) is 0 Å². The van der Waals surface area contributed by atoms with Crippen molar-refractivity contribution in [3.8, 4) is 11.8 Å². The van der Waals surface area contributed by atoms with Crippen molar-refractivity contribution in [3.63, 3.8) is 0 Å². The first-order chi connectivity index (χ1) is 13.5. The number of aryl methyl sites for hydroxylation is 2. The standard InChI is InChI=1S/C23H21N3O2/c1-15-11-18(13-24)12-16(2)22(15)28-14-17-7-9-19(10-8-17)23(27)26-21-6-4-3-5-20(21)25/h3-12H,14,25H2,1-2H3,(H,26,27). The van der Waals surface area contributed by atoms with Crippen molar-refractivity contribution in [2.24, 2.45) is 0 Å². The minimum absolute atomic E-state index is 0.218. The van der Waals surface area contributed by atoms with Gasteiger partial charge in [-0.1, -0.05) is 24.3 Å². The number of hydrogen-bond acceptors (Lipinski definition) is 4. The van der Waals surface area contributed by atoms with Crippen molar-refractivity contribution in [1.29, 1.82) is 5.26 Å². The highest BCUT2D eigenvalue weighted by molar-refractivity contribution is 6.05. The van der Waals surface area contributed by atoms with Crippen LogP contribution in [0.1, 0.15) is 32.6 Å². The van der Waals surface area contributed by atoms with Crippen LogP contribution in [0.25, 0.3) is 0 Å². The van der Waals surface area contributed by atoms with E-state index in [1.165, 1.54) is 0 Å². The number of para-hydroxylation sites is 2. The number of nitrogen functional groups attached to an aromatic ring is 1. The van der Waals surface area contributed by atoms with E-state index in [4.69, 9.17) is 15.7 Å². The molecule has 3 N–H and O–H groups in total. The van der Waals surface area contributed by atoms with Crippen LogP contribution >= 0.6 is 0 Å². The summed E-state index contributed by atoms with van der Waals surface area (Å²) in [6.45, 7) is 4.22. The molecule has 3 rings (SSSR count). The van der Waals surface area contributed by atoms with Crippen LogP contribution in [-0.4, -0.2) is 5.91 Å². The second-order valence-corrected chi connectivity index (χ2v) is 6.58. The fourth-order valence-electron chi connectivity index (χ4n) is 2.96. The number of rotatable bonds is 5. The van der Waals surface area contributed by atoms with Crippen molar-refractivity contribution in [2.75, 3.05) is 11.1 Å². The number of carbonyl (C=O) groups is 1. The van der Waals surface area contributed by atoms with Gasteiger partial charge in [0.25, 0.3) is 5.91 Å². The minimum atomic E-state index is -0.218. The number of amides is 1. The number of nitrogens with one attached hydrogen (secondary N) is 1. The van der Waals surface area contributed by atoms with Crippen LogP contribution in [0.4, 0.5) is 11.4 Å². The summed E-state index contributed by atoms with van der Waals surface area (Å²) >= 11 is 0. The Labute approximate surface area is 164 Å². The summed E-state index contributed by atoms with van der Waals surface area (Å²) in [6, 6.07) is 20.1. The van der Waals surface area contributed by atoms with E-state index in [-0.39, 0.29) is 5.91 Å². The molecule has 0 fully saturated rings. The lowest BCUT2D eigenvalue weighted by molar-refractivity contribution is 0.102. The predicted molar refractivity (Wildman–Crippen MR) is 110 cm³/mol. The van der Waals surface area contributed by atoms with E-state index >= 15 is 0 Å². The summed E-state index contributed by atoms with van der Waals surface area (Å²) in [7, 11) is 0. The average Bonchev–Trinajstić information content (AvgIpc) is 2.69. The molecular weight excluding hydrogens is 350 g/mol. The van der Waals surface area contributed by atoms with E-state index in [0.717, 1.165) is 22.4 Å². The lowest BCUT2D eigenvalue weighted by atomic mass is 10.1. The fourth-order valence-corrected chi connectivity index (χ4v) is 2.96. The zero-order chi connectivity index (χ0) is 20.1. The zero-order valence-electron chi connectivity index (χ0n) is 15.8. The first-order valence-electron chi connectivity index (χ1n) is 8.87. The Balaban J connectivity index is 1.66. The molecule has 3 aromatic rings. The number of nitrogens with two attached hydrogens (primary N) is 1. The monoisotopic (exact) mass is 371 g/mol. The number of anilines is 2. The molecule has 0 radical (unpaired) electrons. The molecule has 1 amide bonds. The zero-order valence-corrected chi connectivity index (χ0v) is 15.8. The Morgan fingerprint density at radius 2 is 1.71 bits per heavy atom.